The molecule has 4 aromatic rings. The lowest BCUT2D eigenvalue weighted by molar-refractivity contribution is -0.136. The van der Waals surface area contributed by atoms with Gasteiger partial charge in [-0.2, -0.15) is 0 Å². The number of benzene rings is 4. The molecule has 4 aliphatic heterocycles. The average molecular weight is 692 g/mol. The van der Waals surface area contributed by atoms with E-state index in [4.69, 9.17) is 46.4 Å². The molecule has 8 rings (SSSR count). The number of fused-ring (bicyclic) bond motifs is 5. The Balaban J connectivity index is 1.32. The number of imide groups is 2. The van der Waals surface area contributed by atoms with E-state index in [0.717, 1.165) is 0 Å². The number of hydrogen-bond acceptors (Lipinski definition) is 6. The first-order valence-electron chi connectivity index (χ1n) is 14.5. The van der Waals surface area contributed by atoms with Crippen molar-refractivity contribution in [2.75, 3.05) is 9.80 Å². The molecular weight excluding hydrogens is 670 g/mol. The fourth-order valence-electron chi connectivity index (χ4n) is 7.51. The minimum Gasteiger partial charge on any atom is -0.274 e. The summed E-state index contributed by atoms with van der Waals surface area (Å²) in [5.41, 5.74) is 2.14. The van der Waals surface area contributed by atoms with Gasteiger partial charge in [-0.1, -0.05) is 70.7 Å². The molecular formula is C34H22Cl4N4O4. The van der Waals surface area contributed by atoms with Gasteiger partial charge in [-0.25, -0.2) is 19.8 Å². The molecule has 4 heterocycles. The second-order valence-electron chi connectivity index (χ2n) is 11.7. The molecule has 0 bridgehead atoms. The van der Waals surface area contributed by atoms with E-state index in [9.17, 15) is 19.2 Å². The summed E-state index contributed by atoms with van der Waals surface area (Å²) < 4.78 is 0. The maximum Gasteiger partial charge on any atom is 0.253 e. The summed E-state index contributed by atoms with van der Waals surface area (Å²) in [5.74, 6) is -3.52. The third-order valence-corrected chi connectivity index (χ3v) is 10.3. The largest absolute Gasteiger partial charge is 0.274 e. The predicted octanol–water partition coefficient (Wildman–Crippen LogP) is 6.75. The highest BCUT2D eigenvalue weighted by Gasteiger charge is 2.73. The van der Waals surface area contributed by atoms with E-state index in [1.54, 1.807) is 107 Å². The Kier molecular flexibility index (Phi) is 7.03. The smallest absolute Gasteiger partial charge is 0.253 e. The number of nitrogens with zero attached hydrogens (tertiary/aromatic N) is 4. The molecule has 4 aliphatic rings. The monoisotopic (exact) mass is 690 g/mol. The second-order valence-corrected chi connectivity index (χ2v) is 13.4. The number of carbonyl (C=O) groups is 4. The molecule has 4 saturated heterocycles. The SMILES string of the molecule is O=C1[C@@H]2[C@H](C(=O)N1c1ccc(Cl)cc1)N1[C@H](c3ccc(Cl)cc3)[C@@H]3C(=O)N(c4ccc(Cl)cc4)C(=O)[C@@H]3N1[C@H]2c1ccc(Cl)cc1. The van der Waals surface area contributed by atoms with Crippen molar-refractivity contribution < 1.29 is 19.2 Å². The van der Waals surface area contributed by atoms with Crippen LogP contribution in [-0.2, 0) is 19.2 Å². The molecule has 8 nitrogen and oxygen atoms in total. The van der Waals surface area contributed by atoms with Crippen molar-refractivity contribution in [1.82, 2.24) is 10.0 Å². The average Bonchev–Trinajstić information content (AvgIpc) is 3.71. The fourth-order valence-corrected chi connectivity index (χ4v) is 8.01. The van der Waals surface area contributed by atoms with Crippen molar-refractivity contribution in [3.8, 4) is 0 Å². The van der Waals surface area contributed by atoms with Crippen LogP contribution in [0.4, 0.5) is 11.4 Å². The van der Waals surface area contributed by atoms with E-state index in [1.807, 2.05) is 0 Å². The summed E-state index contributed by atoms with van der Waals surface area (Å²) in [7, 11) is 0. The lowest BCUT2D eigenvalue weighted by Crippen LogP contribution is -2.50. The van der Waals surface area contributed by atoms with Gasteiger partial charge >= 0.3 is 0 Å². The summed E-state index contributed by atoms with van der Waals surface area (Å²) in [6.07, 6.45) is 0. The van der Waals surface area contributed by atoms with Crippen LogP contribution in [-0.4, -0.2) is 45.7 Å². The first kappa shape index (κ1) is 29.6. The Morgan fingerprint density at radius 2 is 0.652 bits per heavy atom. The van der Waals surface area contributed by atoms with Crippen LogP contribution in [0.3, 0.4) is 0 Å². The number of hydrogen-bond donors (Lipinski definition) is 0. The van der Waals surface area contributed by atoms with Gasteiger partial charge in [-0.05, 0) is 83.9 Å². The van der Waals surface area contributed by atoms with Gasteiger partial charge in [-0.3, -0.25) is 19.2 Å². The van der Waals surface area contributed by atoms with Crippen molar-refractivity contribution in [2.24, 2.45) is 11.8 Å². The molecule has 4 amide bonds. The molecule has 12 heteroatoms. The number of anilines is 2. The van der Waals surface area contributed by atoms with E-state index in [2.05, 4.69) is 0 Å². The quantitative estimate of drug-likeness (QED) is 0.221. The molecule has 4 fully saturated rings. The van der Waals surface area contributed by atoms with Crippen molar-refractivity contribution in [2.45, 2.75) is 24.2 Å². The molecule has 0 unspecified atom stereocenters. The highest BCUT2D eigenvalue weighted by Crippen LogP contribution is 2.59. The Bertz CT molecular complexity index is 1780. The lowest BCUT2D eigenvalue weighted by atomic mass is 9.84. The van der Waals surface area contributed by atoms with Gasteiger partial charge in [0.05, 0.1) is 35.3 Å². The van der Waals surface area contributed by atoms with Crippen LogP contribution in [0.5, 0.6) is 0 Å². The number of rotatable bonds is 4. The van der Waals surface area contributed by atoms with Gasteiger partial charge in [0.15, 0.2) is 0 Å². The highest BCUT2D eigenvalue weighted by atomic mass is 35.5. The molecule has 4 aromatic carbocycles. The molecule has 6 atom stereocenters. The van der Waals surface area contributed by atoms with Crippen LogP contribution in [0.1, 0.15) is 23.2 Å². The fraction of sp³-hybridized carbons (Fsp3) is 0.176. The van der Waals surface area contributed by atoms with Crippen molar-refractivity contribution in [3.63, 3.8) is 0 Å². The lowest BCUT2D eigenvalue weighted by Gasteiger charge is -2.35. The summed E-state index contributed by atoms with van der Waals surface area (Å²) in [6, 6.07) is 23.4. The van der Waals surface area contributed by atoms with Crippen molar-refractivity contribution in [1.29, 1.82) is 0 Å². The zero-order valence-corrected chi connectivity index (χ0v) is 26.7. The van der Waals surface area contributed by atoms with Gasteiger partial charge < -0.3 is 0 Å². The molecule has 0 spiro atoms. The van der Waals surface area contributed by atoms with Gasteiger partial charge in [0.1, 0.15) is 12.1 Å². The molecule has 0 aliphatic carbocycles. The van der Waals surface area contributed by atoms with Crippen LogP contribution >= 0.6 is 46.4 Å². The molecule has 230 valence electrons. The van der Waals surface area contributed by atoms with Crippen LogP contribution < -0.4 is 9.80 Å². The summed E-state index contributed by atoms with van der Waals surface area (Å²) in [4.78, 5) is 60.1. The molecule has 0 radical (unpaired) electrons. The third-order valence-electron chi connectivity index (χ3n) is 9.32. The number of carbonyl (C=O) groups excluding carboxylic acids is 4. The Labute approximate surface area is 283 Å². The van der Waals surface area contributed by atoms with E-state index >= 15 is 0 Å². The third kappa shape index (κ3) is 4.29. The van der Waals surface area contributed by atoms with Crippen LogP contribution in [0.25, 0.3) is 0 Å². The van der Waals surface area contributed by atoms with Crippen molar-refractivity contribution in [3.05, 3.63) is 128 Å². The first-order chi connectivity index (χ1) is 22.2. The van der Waals surface area contributed by atoms with E-state index < -0.39 is 59.6 Å². The number of hydrazine groups is 1. The van der Waals surface area contributed by atoms with Gasteiger partial charge in [-0.15, -0.1) is 0 Å². The molecule has 0 aromatic heterocycles. The van der Waals surface area contributed by atoms with Gasteiger partial charge in [0, 0.05) is 20.1 Å². The number of amides is 4. The maximum absolute atomic E-state index is 14.5. The maximum atomic E-state index is 14.5. The molecule has 0 saturated carbocycles. The normalized spacial score (nSPS) is 27.5. The minimum absolute atomic E-state index is 0.388. The van der Waals surface area contributed by atoms with Crippen molar-refractivity contribution >= 4 is 81.4 Å². The van der Waals surface area contributed by atoms with Gasteiger partial charge in [0.25, 0.3) is 11.8 Å². The minimum atomic E-state index is -1.00. The van der Waals surface area contributed by atoms with E-state index in [1.165, 1.54) is 9.80 Å². The molecule has 0 N–H and O–H groups in total. The van der Waals surface area contributed by atoms with E-state index in [0.29, 0.717) is 42.6 Å². The second kappa shape index (κ2) is 10.9. The standard InChI is InChI=1S/C34H22Cl4N4O4/c35-19-5-1-17(2-6-19)27-25-29(33(45)39(31(25)43)23-13-9-21(37)10-14-23)42-28(18-3-7-20(36)8-4-18)26-30(41(27)42)34(46)40(32(26)44)24-15-11-22(38)12-16-24/h1-16,25-30H/t25-,26-,27-,28+,29+,30+/m0/s1. The van der Waals surface area contributed by atoms with Gasteiger partial charge in [0.2, 0.25) is 11.8 Å². The zero-order valence-electron chi connectivity index (χ0n) is 23.6. The van der Waals surface area contributed by atoms with E-state index in [-0.39, 0.29) is 0 Å². The zero-order chi connectivity index (χ0) is 32.0. The summed E-state index contributed by atoms with van der Waals surface area (Å²) >= 11 is 24.8. The highest BCUT2D eigenvalue weighted by molar-refractivity contribution is 6.32. The Morgan fingerprint density at radius 3 is 0.957 bits per heavy atom. The van der Waals surface area contributed by atoms with Crippen LogP contribution in [0.15, 0.2) is 97.1 Å². The summed E-state index contributed by atoms with van der Waals surface area (Å²) in [6.45, 7) is 0. The Morgan fingerprint density at radius 1 is 0.370 bits per heavy atom. The number of halogens is 4. The van der Waals surface area contributed by atoms with Crippen LogP contribution in [0, 0.1) is 11.8 Å². The summed E-state index contributed by atoms with van der Waals surface area (Å²) in [5, 5.41) is 5.51. The predicted molar refractivity (Wildman–Crippen MR) is 175 cm³/mol. The van der Waals surface area contributed by atoms with Crippen LogP contribution in [0.2, 0.25) is 20.1 Å². The molecule has 46 heavy (non-hydrogen) atoms. The first-order valence-corrected chi connectivity index (χ1v) is 16.0. The topological polar surface area (TPSA) is 81.2 Å². The Hall–Kier alpha value is -3.76.